The number of fused-ring (bicyclic) bond motifs is 1. The molecular weight excluding hydrogens is 595 g/mol. The van der Waals surface area contributed by atoms with Gasteiger partial charge in [-0.15, -0.1) is 0 Å². The summed E-state index contributed by atoms with van der Waals surface area (Å²) < 4.78 is 97.6. The number of hydrogen-bond acceptors (Lipinski definition) is 5. The van der Waals surface area contributed by atoms with E-state index in [9.17, 15) is 35.5 Å². The molecule has 0 radical (unpaired) electrons. The molecule has 0 aromatic heterocycles. The van der Waals surface area contributed by atoms with Crippen LogP contribution in [0.3, 0.4) is 0 Å². The van der Waals surface area contributed by atoms with E-state index >= 15 is 0 Å². The van der Waals surface area contributed by atoms with Crippen LogP contribution in [0.15, 0.2) is 58.8 Å². The molecule has 0 spiro atoms. The number of nitrogens with zero attached hydrogens (tertiary/aromatic N) is 2. The SMILES string of the molecule is Cc1cc(C2(C(F)(F)F)CC(c3ccc(C(=O)NC/C(=N\OC(C)C)C(F)(F)F)c4ccccc34)=NO2)cc(Cl)c1F. The molecule has 0 bridgehead atoms. The Balaban J connectivity index is 1.68. The van der Waals surface area contributed by atoms with Crippen LogP contribution in [-0.2, 0) is 15.3 Å². The van der Waals surface area contributed by atoms with Gasteiger partial charge in [0, 0.05) is 23.1 Å². The molecule has 0 saturated carbocycles. The smallest absolute Gasteiger partial charge is 0.393 e. The Hall–Kier alpha value is -3.87. The highest BCUT2D eigenvalue weighted by atomic mass is 35.5. The van der Waals surface area contributed by atoms with E-state index in [1.165, 1.54) is 45.0 Å². The maximum atomic E-state index is 14.5. The second kappa shape index (κ2) is 11.4. The van der Waals surface area contributed by atoms with Crippen LogP contribution in [0, 0.1) is 12.7 Å². The van der Waals surface area contributed by atoms with Crippen LogP contribution in [0.4, 0.5) is 30.7 Å². The van der Waals surface area contributed by atoms with E-state index in [1.54, 1.807) is 12.1 Å². The Bertz CT molecular complexity index is 1560. The third-order valence-corrected chi connectivity index (χ3v) is 6.73. The van der Waals surface area contributed by atoms with Crippen LogP contribution in [0.2, 0.25) is 5.02 Å². The number of carbonyl (C=O) groups is 1. The number of oxime groups is 2. The van der Waals surface area contributed by atoms with Gasteiger partial charge in [-0.05, 0) is 55.3 Å². The van der Waals surface area contributed by atoms with Crippen molar-refractivity contribution in [1.29, 1.82) is 0 Å². The topological polar surface area (TPSA) is 72.3 Å². The Morgan fingerprint density at radius 1 is 1.12 bits per heavy atom. The minimum absolute atomic E-state index is 0.0387. The minimum Gasteiger partial charge on any atom is -0.393 e. The van der Waals surface area contributed by atoms with Crippen molar-refractivity contribution in [2.24, 2.45) is 10.3 Å². The fourth-order valence-corrected chi connectivity index (χ4v) is 4.64. The number of amides is 1. The Kier molecular flexibility index (Phi) is 8.45. The van der Waals surface area contributed by atoms with Gasteiger partial charge in [-0.25, -0.2) is 4.39 Å². The lowest BCUT2D eigenvalue weighted by Gasteiger charge is -2.30. The molecule has 1 amide bonds. The van der Waals surface area contributed by atoms with Crippen molar-refractivity contribution in [1.82, 2.24) is 5.32 Å². The molecular formula is C28H23ClF7N3O3. The summed E-state index contributed by atoms with van der Waals surface area (Å²) in [4.78, 5) is 22.7. The summed E-state index contributed by atoms with van der Waals surface area (Å²) in [7, 11) is 0. The van der Waals surface area contributed by atoms with Gasteiger partial charge < -0.3 is 15.0 Å². The predicted molar refractivity (Wildman–Crippen MR) is 142 cm³/mol. The molecule has 1 aliphatic heterocycles. The number of rotatable bonds is 7. The molecule has 6 nitrogen and oxygen atoms in total. The second-order valence-corrected chi connectivity index (χ2v) is 10.2. The van der Waals surface area contributed by atoms with Gasteiger partial charge in [0.1, 0.15) is 11.9 Å². The van der Waals surface area contributed by atoms with Gasteiger partial charge in [0.15, 0.2) is 5.71 Å². The fourth-order valence-electron chi connectivity index (χ4n) is 4.37. The van der Waals surface area contributed by atoms with Gasteiger partial charge in [0.25, 0.3) is 11.5 Å². The zero-order chi connectivity index (χ0) is 31.0. The molecule has 1 atom stereocenters. The van der Waals surface area contributed by atoms with E-state index in [4.69, 9.17) is 16.4 Å². The van der Waals surface area contributed by atoms with Gasteiger partial charge in [-0.2, -0.15) is 26.3 Å². The summed E-state index contributed by atoms with van der Waals surface area (Å²) in [6.07, 6.45) is -11.3. The molecule has 42 heavy (non-hydrogen) atoms. The average molecular weight is 618 g/mol. The van der Waals surface area contributed by atoms with Crippen molar-refractivity contribution in [3.63, 3.8) is 0 Å². The zero-order valence-electron chi connectivity index (χ0n) is 22.3. The van der Waals surface area contributed by atoms with E-state index in [0.717, 1.165) is 12.1 Å². The quantitative estimate of drug-likeness (QED) is 0.169. The molecule has 1 heterocycles. The zero-order valence-corrected chi connectivity index (χ0v) is 23.0. The number of hydrogen-bond donors (Lipinski definition) is 1. The highest BCUT2D eigenvalue weighted by molar-refractivity contribution is 6.30. The van der Waals surface area contributed by atoms with Crippen molar-refractivity contribution in [2.45, 2.75) is 51.2 Å². The summed E-state index contributed by atoms with van der Waals surface area (Å²) in [5.41, 5.74) is -4.85. The van der Waals surface area contributed by atoms with Crippen molar-refractivity contribution in [3.05, 3.63) is 81.6 Å². The van der Waals surface area contributed by atoms with E-state index < -0.39 is 65.0 Å². The summed E-state index contributed by atoms with van der Waals surface area (Å²) >= 11 is 5.84. The standard InChI is InChI=1S/C28H23ClF7N3O3/c1-14(2)41-39-23(27(31,32)33)13-37-25(40)20-9-8-19(17-6-4-5-7-18(17)20)22-12-26(42-38-22,28(34,35)36)16-10-15(3)24(30)21(29)11-16/h4-11,14H,12-13H2,1-3H3,(H,37,40)/b39-23+. The molecule has 3 aromatic rings. The lowest BCUT2D eigenvalue weighted by atomic mass is 9.84. The molecule has 4 rings (SSSR count). The number of nitrogens with one attached hydrogen (secondary N) is 1. The van der Waals surface area contributed by atoms with E-state index in [2.05, 4.69) is 20.5 Å². The van der Waals surface area contributed by atoms with Gasteiger partial charge in [0.05, 0.1) is 17.3 Å². The number of alkyl halides is 6. The lowest BCUT2D eigenvalue weighted by Crippen LogP contribution is -2.42. The van der Waals surface area contributed by atoms with Crippen LogP contribution in [0.5, 0.6) is 0 Å². The third-order valence-electron chi connectivity index (χ3n) is 6.46. The molecule has 3 aromatic carbocycles. The molecule has 224 valence electrons. The monoisotopic (exact) mass is 617 g/mol. The number of halogens is 8. The Labute approximate surface area is 240 Å². The maximum absolute atomic E-state index is 14.5. The average Bonchev–Trinajstić information content (AvgIpc) is 3.36. The summed E-state index contributed by atoms with van der Waals surface area (Å²) in [6, 6.07) is 10.6. The van der Waals surface area contributed by atoms with Crippen LogP contribution in [0.25, 0.3) is 10.8 Å². The first-order valence-electron chi connectivity index (χ1n) is 12.4. The van der Waals surface area contributed by atoms with Crippen molar-refractivity contribution in [2.75, 3.05) is 6.54 Å². The first-order chi connectivity index (χ1) is 19.5. The minimum atomic E-state index is -4.99. The van der Waals surface area contributed by atoms with Crippen molar-refractivity contribution < 1.29 is 45.2 Å². The normalized spacial score (nSPS) is 17.8. The van der Waals surface area contributed by atoms with Crippen molar-refractivity contribution in [3.8, 4) is 0 Å². The Morgan fingerprint density at radius 2 is 1.79 bits per heavy atom. The molecule has 1 aliphatic rings. The van der Waals surface area contributed by atoms with E-state index in [0.29, 0.717) is 5.39 Å². The van der Waals surface area contributed by atoms with Gasteiger partial charge in [-0.3, -0.25) is 4.79 Å². The van der Waals surface area contributed by atoms with Crippen LogP contribution in [0.1, 0.15) is 47.3 Å². The van der Waals surface area contributed by atoms with Gasteiger partial charge in [-0.1, -0.05) is 52.2 Å². The maximum Gasteiger partial charge on any atom is 0.435 e. The molecule has 14 heteroatoms. The molecule has 0 aliphatic carbocycles. The lowest BCUT2D eigenvalue weighted by molar-refractivity contribution is -0.275. The number of benzene rings is 3. The molecule has 1 unspecified atom stereocenters. The van der Waals surface area contributed by atoms with Crippen molar-refractivity contribution >= 4 is 39.7 Å². The Morgan fingerprint density at radius 3 is 2.38 bits per heavy atom. The molecule has 1 N–H and O–H groups in total. The summed E-state index contributed by atoms with van der Waals surface area (Å²) in [5, 5.41) is 9.01. The van der Waals surface area contributed by atoms with Crippen LogP contribution in [-0.4, -0.2) is 42.3 Å². The highest BCUT2D eigenvalue weighted by Gasteiger charge is 2.62. The first kappa shape index (κ1) is 31.1. The largest absolute Gasteiger partial charge is 0.435 e. The fraction of sp³-hybridized carbons (Fsp3) is 0.321. The van der Waals surface area contributed by atoms with Crippen LogP contribution < -0.4 is 5.32 Å². The number of carbonyl (C=O) groups excluding carboxylic acids is 1. The summed E-state index contributed by atoms with van der Waals surface area (Å²) in [6.45, 7) is 3.25. The first-order valence-corrected chi connectivity index (χ1v) is 12.8. The number of aryl methyl sites for hydroxylation is 1. The molecule has 0 fully saturated rings. The van der Waals surface area contributed by atoms with Gasteiger partial charge >= 0.3 is 12.4 Å². The van der Waals surface area contributed by atoms with Gasteiger partial charge in [0.2, 0.25) is 0 Å². The highest BCUT2D eigenvalue weighted by Crippen LogP contribution is 2.50. The van der Waals surface area contributed by atoms with E-state index in [1.807, 2.05) is 0 Å². The predicted octanol–water partition coefficient (Wildman–Crippen LogP) is 7.60. The second-order valence-electron chi connectivity index (χ2n) is 9.80. The van der Waals surface area contributed by atoms with E-state index in [-0.39, 0.29) is 27.8 Å². The third kappa shape index (κ3) is 6.01. The summed E-state index contributed by atoms with van der Waals surface area (Å²) in [5.74, 6) is -1.75. The van der Waals surface area contributed by atoms with Crippen LogP contribution >= 0.6 is 11.6 Å². The molecule has 0 saturated heterocycles.